The number of fused-ring (bicyclic) bond motifs is 1. The number of allylic oxidation sites excluding steroid dienone is 2. The number of aromatic nitrogens is 3. The Labute approximate surface area is 150 Å². The summed E-state index contributed by atoms with van der Waals surface area (Å²) in [5.41, 5.74) is 1.31. The van der Waals surface area contributed by atoms with Crippen LogP contribution in [0.5, 0.6) is 0 Å². The highest BCUT2D eigenvalue weighted by Crippen LogP contribution is 2.21. The van der Waals surface area contributed by atoms with Crippen LogP contribution in [0.15, 0.2) is 36.8 Å². The number of rotatable bonds is 6. The fraction of sp³-hybridized carbons (Fsp3) is 0.412. The third kappa shape index (κ3) is 3.68. The molecule has 0 spiro atoms. The van der Waals surface area contributed by atoms with E-state index in [1.165, 1.54) is 16.6 Å². The van der Waals surface area contributed by atoms with E-state index in [0.29, 0.717) is 23.5 Å². The molecule has 3 rings (SSSR count). The summed E-state index contributed by atoms with van der Waals surface area (Å²) in [4.78, 5) is 6.30. The molecular formula is C17H22F2N6O. The standard InChI is InChI=1S/C17H22F2N6O/c1-11(7-16(20-2)24-6-5-21-12(9-24)10-26)14-8-22-15-4-3-13(17(18)19)23-25(14)15/h3-4,7-8,12,17,20-21,26H,1,5-6,9-10H2,2H3/b16-7+/t12-/m0/s1. The molecule has 140 valence electrons. The average molecular weight is 364 g/mol. The first-order valence-electron chi connectivity index (χ1n) is 8.34. The van der Waals surface area contributed by atoms with Gasteiger partial charge >= 0.3 is 0 Å². The SMILES string of the molecule is C=C(/C=C(\NC)N1CCN[C@H](CO)C1)c1cnc2ccc(C(F)F)nn12. The molecule has 0 aromatic carbocycles. The highest BCUT2D eigenvalue weighted by Gasteiger charge is 2.20. The Hall–Kier alpha value is -2.52. The van der Waals surface area contributed by atoms with Gasteiger partial charge in [0.25, 0.3) is 6.43 Å². The van der Waals surface area contributed by atoms with Crippen molar-refractivity contribution in [1.29, 1.82) is 0 Å². The maximum Gasteiger partial charge on any atom is 0.282 e. The summed E-state index contributed by atoms with van der Waals surface area (Å²) in [5, 5.41) is 19.7. The van der Waals surface area contributed by atoms with Crippen LogP contribution < -0.4 is 10.6 Å². The quantitative estimate of drug-likeness (QED) is 0.664. The van der Waals surface area contributed by atoms with Crippen molar-refractivity contribution in [2.75, 3.05) is 33.3 Å². The third-order valence-corrected chi connectivity index (χ3v) is 4.32. The van der Waals surface area contributed by atoms with Crippen molar-refractivity contribution in [3.8, 4) is 0 Å². The second-order valence-corrected chi connectivity index (χ2v) is 6.06. The van der Waals surface area contributed by atoms with Crippen molar-refractivity contribution >= 4 is 11.2 Å². The monoisotopic (exact) mass is 364 g/mol. The highest BCUT2D eigenvalue weighted by atomic mass is 19.3. The van der Waals surface area contributed by atoms with E-state index in [-0.39, 0.29) is 18.3 Å². The first kappa shape index (κ1) is 18.3. The minimum absolute atomic E-state index is 0.000158. The van der Waals surface area contributed by atoms with E-state index in [4.69, 9.17) is 0 Å². The van der Waals surface area contributed by atoms with E-state index >= 15 is 0 Å². The van der Waals surface area contributed by atoms with Gasteiger partial charge in [-0.3, -0.25) is 0 Å². The Balaban J connectivity index is 1.89. The van der Waals surface area contributed by atoms with Gasteiger partial charge in [0, 0.05) is 32.7 Å². The lowest BCUT2D eigenvalue weighted by molar-refractivity contribution is 0.144. The Morgan fingerprint density at radius 3 is 3.04 bits per heavy atom. The molecule has 0 amide bonds. The second-order valence-electron chi connectivity index (χ2n) is 6.06. The van der Waals surface area contributed by atoms with Crippen LogP contribution in [0.25, 0.3) is 11.2 Å². The molecule has 3 heterocycles. The molecule has 1 saturated heterocycles. The van der Waals surface area contributed by atoms with Crippen LogP contribution in [0, 0.1) is 0 Å². The van der Waals surface area contributed by atoms with Gasteiger partial charge in [0.05, 0.1) is 18.5 Å². The largest absolute Gasteiger partial charge is 0.395 e. The highest BCUT2D eigenvalue weighted by molar-refractivity contribution is 5.71. The first-order valence-corrected chi connectivity index (χ1v) is 8.34. The second kappa shape index (κ2) is 7.79. The van der Waals surface area contributed by atoms with Crippen LogP contribution in [-0.4, -0.2) is 63.9 Å². The molecule has 2 aromatic rings. The van der Waals surface area contributed by atoms with Gasteiger partial charge in [-0.2, -0.15) is 5.10 Å². The van der Waals surface area contributed by atoms with Crippen molar-refractivity contribution < 1.29 is 13.9 Å². The number of hydrogen-bond donors (Lipinski definition) is 3. The molecule has 3 N–H and O–H groups in total. The zero-order valence-corrected chi connectivity index (χ0v) is 14.5. The maximum absolute atomic E-state index is 12.9. The molecule has 1 fully saturated rings. The number of alkyl halides is 2. The molecule has 0 radical (unpaired) electrons. The van der Waals surface area contributed by atoms with Gasteiger partial charge in [-0.1, -0.05) is 6.58 Å². The van der Waals surface area contributed by atoms with Crippen LogP contribution in [0.4, 0.5) is 8.78 Å². The normalized spacial score (nSPS) is 18.6. The molecule has 1 aliphatic rings. The predicted octanol–water partition coefficient (Wildman–Crippen LogP) is 1.01. The van der Waals surface area contributed by atoms with E-state index in [9.17, 15) is 13.9 Å². The number of hydrogen-bond acceptors (Lipinski definition) is 6. The Morgan fingerprint density at radius 2 is 2.35 bits per heavy atom. The lowest BCUT2D eigenvalue weighted by Gasteiger charge is -2.35. The Bertz CT molecular complexity index is 819. The van der Waals surface area contributed by atoms with Crippen LogP contribution in [0.3, 0.4) is 0 Å². The first-order chi connectivity index (χ1) is 12.5. The molecule has 0 saturated carbocycles. The number of aliphatic hydroxyl groups is 1. The van der Waals surface area contributed by atoms with Crippen molar-refractivity contribution in [3.63, 3.8) is 0 Å². The van der Waals surface area contributed by atoms with Crippen LogP contribution in [0.1, 0.15) is 17.8 Å². The lowest BCUT2D eigenvalue weighted by atomic mass is 10.2. The van der Waals surface area contributed by atoms with E-state index < -0.39 is 6.43 Å². The molecule has 0 aliphatic carbocycles. The summed E-state index contributed by atoms with van der Waals surface area (Å²) in [6.07, 6.45) is 0.750. The van der Waals surface area contributed by atoms with Crippen molar-refractivity contribution in [3.05, 3.63) is 48.2 Å². The fourth-order valence-electron chi connectivity index (χ4n) is 2.95. The molecule has 1 aliphatic heterocycles. The number of nitrogens with zero attached hydrogens (tertiary/aromatic N) is 4. The molecule has 2 aromatic heterocycles. The van der Waals surface area contributed by atoms with Gasteiger partial charge < -0.3 is 20.6 Å². The zero-order valence-electron chi connectivity index (χ0n) is 14.5. The molecule has 7 nitrogen and oxygen atoms in total. The number of imidazole rings is 1. The number of aliphatic hydroxyl groups excluding tert-OH is 1. The van der Waals surface area contributed by atoms with Crippen molar-refractivity contribution in [2.24, 2.45) is 0 Å². The fourth-order valence-corrected chi connectivity index (χ4v) is 2.95. The number of piperazine rings is 1. The van der Waals surface area contributed by atoms with Gasteiger partial charge in [-0.15, -0.1) is 0 Å². The van der Waals surface area contributed by atoms with Crippen molar-refractivity contribution in [2.45, 2.75) is 12.5 Å². The Kier molecular flexibility index (Phi) is 5.48. The number of halogens is 2. The lowest BCUT2D eigenvalue weighted by Crippen LogP contribution is -2.53. The van der Waals surface area contributed by atoms with Gasteiger partial charge in [-0.25, -0.2) is 18.3 Å². The molecule has 0 bridgehead atoms. The van der Waals surface area contributed by atoms with E-state index in [1.54, 1.807) is 13.2 Å². The van der Waals surface area contributed by atoms with Gasteiger partial charge in [0.1, 0.15) is 11.5 Å². The summed E-state index contributed by atoms with van der Waals surface area (Å²) in [5.74, 6) is 0.829. The minimum atomic E-state index is -2.65. The van der Waals surface area contributed by atoms with E-state index in [0.717, 1.165) is 18.9 Å². The molecular weight excluding hydrogens is 342 g/mol. The van der Waals surface area contributed by atoms with E-state index in [1.807, 2.05) is 6.08 Å². The molecule has 26 heavy (non-hydrogen) atoms. The zero-order chi connectivity index (χ0) is 18.7. The van der Waals surface area contributed by atoms with Gasteiger partial charge in [-0.05, 0) is 23.8 Å². The maximum atomic E-state index is 12.9. The summed E-state index contributed by atoms with van der Waals surface area (Å²) in [6, 6.07) is 2.78. The molecule has 1 atom stereocenters. The summed E-state index contributed by atoms with van der Waals surface area (Å²) in [7, 11) is 1.80. The Morgan fingerprint density at radius 1 is 1.54 bits per heavy atom. The molecule has 9 heteroatoms. The summed E-state index contributed by atoms with van der Waals surface area (Å²) < 4.78 is 27.3. The van der Waals surface area contributed by atoms with Crippen LogP contribution in [0.2, 0.25) is 0 Å². The van der Waals surface area contributed by atoms with Crippen LogP contribution >= 0.6 is 0 Å². The topological polar surface area (TPSA) is 77.7 Å². The average Bonchev–Trinajstić information content (AvgIpc) is 3.09. The smallest absolute Gasteiger partial charge is 0.282 e. The van der Waals surface area contributed by atoms with Crippen molar-refractivity contribution in [1.82, 2.24) is 30.1 Å². The minimum Gasteiger partial charge on any atom is -0.395 e. The number of nitrogens with one attached hydrogen (secondary N) is 2. The van der Waals surface area contributed by atoms with Gasteiger partial charge in [0.15, 0.2) is 5.65 Å². The van der Waals surface area contributed by atoms with Crippen LogP contribution in [-0.2, 0) is 0 Å². The van der Waals surface area contributed by atoms with E-state index in [2.05, 4.69) is 32.2 Å². The van der Waals surface area contributed by atoms with Gasteiger partial charge in [0.2, 0.25) is 0 Å². The molecule has 0 unspecified atom stereocenters. The summed E-state index contributed by atoms with van der Waals surface area (Å²) in [6.45, 7) is 6.29. The summed E-state index contributed by atoms with van der Waals surface area (Å²) >= 11 is 0. The third-order valence-electron chi connectivity index (χ3n) is 4.32. The predicted molar refractivity (Wildman–Crippen MR) is 94.6 cm³/mol.